The van der Waals surface area contributed by atoms with Crippen LogP contribution in [0.2, 0.25) is 0 Å². The average Bonchev–Trinajstić information content (AvgIpc) is 3.32. The first-order valence-electron chi connectivity index (χ1n) is 7.90. The Morgan fingerprint density at radius 3 is 2.70 bits per heavy atom. The summed E-state index contributed by atoms with van der Waals surface area (Å²) in [6.45, 7) is -0.397. The maximum Gasteiger partial charge on any atom is 0.336 e. The molecule has 10 nitrogen and oxygen atoms in total. The fraction of sp³-hybridized carbons (Fsp3) is 0.250. The highest BCUT2D eigenvalue weighted by Gasteiger charge is 2.29. The molecule has 1 aliphatic heterocycles. The highest BCUT2D eigenvalue weighted by atomic mass is 19.1. The highest BCUT2D eigenvalue weighted by molar-refractivity contribution is 5.64. The van der Waals surface area contributed by atoms with Gasteiger partial charge in [-0.3, -0.25) is 14.7 Å². The molecule has 0 amide bonds. The number of hydrogen-bond acceptors (Lipinski definition) is 7. The third-order valence-electron chi connectivity index (χ3n) is 4.17. The number of imidazole rings is 1. The molecule has 2 aromatic heterocycles. The Hall–Kier alpha value is -3.15. The van der Waals surface area contributed by atoms with Crippen molar-refractivity contribution in [3.05, 3.63) is 63.1 Å². The molecule has 27 heavy (non-hydrogen) atoms. The molecule has 3 aromatic rings. The van der Waals surface area contributed by atoms with Crippen LogP contribution < -0.4 is 5.69 Å². The van der Waals surface area contributed by atoms with Crippen molar-refractivity contribution < 1.29 is 23.9 Å². The molecule has 4 rings (SSSR count). The van der Waals surface area contributed by atoms with Crippen molar-refractivity contribution in [2.75, 3.05) is 13.2 Å². The van der Waals surface area contributed by atoms with Crippen molar-refractivity contribution in [2.45, 2.75) is 12.5 Å². The predicted octanol–water partition coefficient (Wildman–Crippen LogP) is 1.07. The smallest absolute Gasteiger partial charge is 0.336 e. The number of ether oxygens (including phenoxy) is 2. The van der Waals surface area contributed by atoms with Gasteiger partial charge in [0.05, 0.1) is 30.0 Å². The predicted molar refractivity (Wildman–Crippen MR) is 88.4 cm³/mol. The first-order chi connectivity index (χ1) is 13.0. The van der Waals surface area contributed by atoms with Crippen LogP contribution in [0.1, 0.15) is 6.23 Å². The molecule has 1 aliphatic rings. The van der Waals surface area contributed by atoms with E-state index in [0.717, 1.165) is 15.2 Å². The van der Waals surface area contributed by atoms with E-state index < -0.39 is 28.9 Å². The van der Waals surface area contributed by atoms with Gasteiger partial charge in [0.25, 0.3) is 5.69 Å². The number of aliphatic hydroxyl groups excluding tert-OH is 1. The Bertz CT molecular complexity index is 1080. The topological polar surface area (TPSA) is 121 Å². The van der Waals surface area contributed by atoms with E-state index in [2.05, 4.69) is 4.98 Å². The summed E-state index contributed by atoms with van der Waals surface area (Å²) in [6, 6.07) is 5.53. The molecule has 0 aliphatic carbocycles. The van der Waals surface area contributed by atoms with Crippen molar-refractivity contribution >= 4 is 11.3 Å². The summed E-state index contributed by atoms with van der Waals surface area (Å²) >= 11 is 0. The molecule has 11 heteroatoms. The Morgan fingerprint density at radius 1 is 1.33 bits per heavy atom. The third-order valence-corrected chi connectivity index (χ3v) is 4.17. The Kier molecular flexibility index (Phi) is 4.18. The van der Waals surface area contributed by atoms with Gasteiger partial charge in [-0.25, -0.2) is 18.6 Å². The van der Waals surface area contributed by atoms with Gasteiger partial charge >= 0.3 is 5.69 Å². The second kappa shape index (κ2) is 6.54. The van der Waals surface area contributed by atoms with E-state index in [-0.39, 0.29) is 30.2 Å². The Labute approximate surface area is 150 Å². The van der Waals surface area contributed by atoms with Gasteiger partial charge in [0.2, 0.25) is 0 Å². The summed E-state index contributed by atoms with van der Waals surface area (Å²) in [7, 11) is 0. The lowest BCUT2D eigenvalue weighted by Crippen LogP contribution is -2.31. The molecular weight excluding hydrogens is 363 g/mol. The van der Waals surface area contributed by atoms with E-state index in [0.29, 0.717) is 5.56 Å². The van der Waals surface area contributed by atoms with E-state index in [9.17, 15) is 19.3 Å². The van der Waals surface area contributed by atoms with Gasteiger partial charge in [-0.2, -0.15) is 0 Å². The minimum Gasteiger partial charge on any atom is -0.391 e. The van der Waals surface area contributed by atoms with Crippen LogP contribution >= 0.6 is 0 Å². The summed E-state index contributed by atoms with van der Waals surface area (Å²) in [4.78, 5) is 27.0. The fourth-order valence-electron chi connectivity index (χ4n) is 2.84. The van der Waals surface area contributed by atoms with Gasteiger partial charge in [0.1, 0.15) is 0 Å². The molecule has 1 fully saturated rings. The number of rotatable bonds is 4. The number of nitrogens with zero attached hydrogens (tertiary/aromatic N) is 4. The maximum atomic E-state index is 14.5. The van der Waals surface area contributed by atoms with Crippen LogP contribution in [-0.4, -0.2) is 43.5 Å². The first-order valence-corrected chi connectivity index (χ1v) is 7.90. The van der Waals surface area contributed by atoms with Crippen molar-refractivity contribution in [3.8, 4) is 11.3 Å². The van der Waals surface area contributed by atoms with Gasteiger partial charge in [-0.1, -0.05) is 0 Å². The van der Waals surface area contributed by atoms with Gasteiger partial charge in [0, 0.05) is 23.9 Å². The van der Waals surface area contributed by atoms with Crippen LogP contribution in [0.5, 0.6) is 0 Å². The van der Waals surface area contributed by atoms with Crippen LogP contribution in [0, 0.1) is 15.9 Å². The van der Waals surface area contributed by atoms with Crippen LogP contribution in [0.25, 0.3) is 16.9 Å². The molecular formula is C16H13FN4O6. The molecule has 140 valence electrons. The lowest BCUT2D eigenvalue weighted by molar-refractivity contribution is -0.384. The minimum absolute atomic E-state index is 0.0139. The Balaban J connectivity index is 1.76. The monoisotopic (exact) mass is 376 g/mol. The summed E-state index contributed by atoms with van der Waals surface area (Å²) in [5, 5.41) is 19.8. The zero-order valence-electron chi connectivity index (χ0n) is 13.7. The molecule has 1 saturated heterocycles. The molecule has 1 aromatic carbocycles. The van der Waals surface area contributed by atoms with Crippen molar-refractivity contribution in [3.63, 3.8) is 0 Å². The second-order valence-corrected chi connectivity index (χ2v) is 5.83. The maximum absolute atomic E-state index is 14.5. The van der Waals surface area contributed by atoms with Gasteiger partial charge in [-0.05, 0) is 12.1 Å². The van der Waals surface area contributed by atoms with Gasteiger partial charge < -0.3 is 14.6 Å². The third kappa shape index (κ3) is 2.97. The quantitative estimate of drug-likeness (QED) is 0.534. The molecule has 0 saturated carbocycles. The molecule has 0 bridgehead atoms. The zero-order valence-corrected chi connectivity index (χ0v) is 13.7. The van der Waals surface area contributed by atoms with Crippen LogP contribution in [0.4, 0.5) is 10.1 Å². The van der Waals surface area contributed by atoms with Crippen molar-refractivity contribution in [2.24, 2.45) is 0 Å². The largest absolute Gasteiger partial charge is 0.391 e. The van der Waals surface area contributed by atoms with Crippen LogP contribution in [0.15, 0.2) is 41.5 Å². The van der Waals surface area contributed by atoms with E-state index in [1.807, 2.05) is 0 Å². The van der Waals surface area contributed by atoms with E-state index in [4.69, 9.17) is 14.6 Å². The highest BCUT2D eigenvalue weighted by Crippen LogP contribution is 2.24. The SMILES string of the molecule is O=c1n([C@H]2CO[C@H](CO)O2)cc(F)c2nc(-c3ccc([N+](=O)[O-])cc3)cn12. The second-order valence-electron chi connectivity index (χ2n) is 5.83. The van der Waals surface area contributed by atoms with E-state index >= 15 is 0 Å². The number of nitro benzene ring substituents is 1. The number of aliphatic hydroxyl groups is 1. The first kappa shape index (κ1) is 17.3. The molecule has 0 spiro atoms. The standard InChI is InChI=1S/C16H13FN4O6/c17-11-5-19(13-8-26-14(7-22)27-13)16(23)20-6-12(18-15(11)20)9-1-3-10(4-2-9)21(24)25/h1-6,13-14,22H,7-8H2/t13-,14+/m1/s1. The van der Waals surface area contributed by atoms with Gasteiger partial charge in [0.15, 0.2) is 24.0 Å². The summed E-state index contributed by atoms with van der Waals surface area (Å²) < 4.78 is 27.0. The number of nitro groups is 1. The minimum atomic E-state index is -0.876. The lowest BCUT2D eigenvalue weighted by Gasteiger charge is -2.13. The number of non-ortho nitro benzene ring substituents is 1. The normalized spacial score (nSPS) is 19.6. The van der Waals surface area contributed by atoms with E-state index in [1.54, 1.807) is 0 Å². The van der Waals surface area contributed by atoms with Crippen molar-refractivity contribution in [1.82, 2.24) is 14.0 Å². The molecule has 2 atom stereocenters. The number of fused-ring (bicyclic) bond motifs is 1. The number of benzene rings is 1. The zero-order chi connectivity index (χ0) is 19.1. The summed E-state index contributed by atoms with van der Waals surface area (Å²) in [6.07, 6.45) is 0.563. The number of aromatic nitrogens is 3. The molecule has 3 heterocycles. The van der Waals surface area contributed by atoms with Crippen LogP contribution in [-0.2, 0) is 9.47 Å². The van der Waals surface area contributed by atoms with Crippen molar-refractivity contribution in [1.29, 1.82) is 0 Å². The fourth-order valence-corrected chi connectivity index (χ4v) is 2.84. The molecule has 0 radical (unpaired) electrons. The van der Waals surface area contributed by atoms with E-state index in [1.165, 1.54) is 30.5 Å². The summed E-state index contributed by atoms with van der Waals surface area (Å²) in [5.74, 6) is -0.751. The van der Waals surface area contributed by atoms with Crippen LogP contribution in [0.3, 0.4) is 0 Å². The summed E-state index contributed by atoms with van der Waals surface area (Å²) in [5.41, 5.74) is -0.0831. The lowest BCUT2D eigenvalue weighted by atomic mass is 10.1. The number of hydrogen-bond donors (Lipinski definition) is 1. The molecule has 0 unspecified atom stereocenters. The Morgan fingerprint density at radius 2 is 2.07 bits per heavy atom. The molecule has 1 N–H and O–H groups in total. The average molecular weight is 376 g/mol. The number of halogens is 1. The van der Waals surface area contributed by atoms with Gasteiger partial charge in [-0.15, -0.1) is 0 Å².